The second-order valence-electron chi connectivity index (χ2n) is 7.02. The van der Waals surface area contributed by atoms with Crippen LogP contribution in [0.3, 0.4) is 0 Å². The molecule has 0 N–H and O–H groups in total. The van der Waals surface area contributed by atoms with Gasteiger partial charge in [-0.25, -0.2) is 0 Å². The number of thiophene rings is 1. The molecule has 1 saturated heterocycles. The zero-order chi connectivity index (χ0) is 19.0. The van der Waals surface area contributed by atoms with Crippen molar-refractivity contribution in [2.45, 2.75) is 12.1 Å². The van der Waals surface area contributed by atoms with E-state index in [9.17, 15) is 4.79 Å². The number of fused-ring (bicyclic) bond motifs is 1. The zero-order valence-electron chi connectivity index (χ0n) is 15.8. The maximum Gasteiger partial charge on any atom is 0.268 e. The summed E-state index contributed by atoms with van der Waals surface area (Å²) in [4.78, 5) is 18.0. The Morgan fingerprint density at radius 1 is 1.33 bits per heavy atom. The van der Waals surface area contributed by atoms with Gasteiger partial charge >= 0.3 is 0 Å². The van der Waals surface area contributed by atoms with Crippen molar-refractivity contribution in [2.75, 3.05) is 47.0 Å². The van der Waals surface area contributed by atoms with Gasteiger partial charge in [-0.1, -0.05) is 0 Å². The van der Waals surface area contributed by atoms with Crippen LogP contribution in [0.1, 0.15) is 21.3 Å². The van der Waals surface area contributed by atoms with E-state index in [4.69, 9.17) is 14.2 Å². The molecule has 0 aliphatic carbocycles. The number of amides is 1. The highest BCUT2D eigenvalue weighted by Gasteiger charge is 2.39. The zero-order valence-corrected chi connectivity index (χ0v) is 16.6. The maximum absolute atomic E-state index is 13.5. The highest BCUT2D eigenvalue weighted by atomic mass is 32.1. The summed E-state index contributed by atoms with van der Waals surface area (Å²) in [5, 5.41) is 6.15. The first kappa shape index (κ1) is 18.3. The fourth-order valence-electron chi connectivity index (χ4n) is 3.60. The molecular weight excluding hydrogens is 368 g/mol. The molecule has 4 rings (SSSR count). The summed E-state index contributed by atoms with van der Waals surface area (Å²) in [5.41, 5.74) is 0.972. The topological polar surface area (TPSA) is 69.1 Å². The van der Waals surface area contributed by atoms with Crippen LogP contribution in [0.15, 0.2) is 17.8 Å². The predicted molar refractivity (Wildman–Crippen MR) is 101 cm³/mol. The Bertz CT molecular complexity index is 818. The first-order chi connectivity index (χ1) is 13.0. The second kappa shape index (κ2) is 7.49. The second-order valence-corrected chi connectivity index (χ2v) is 7.90. The number of rotatable bonds is 4. The van der Waals surface area contributed by atoms with E-state index >= 15 is 0 Å². The van der Waals surface area contributed by atoms with Crippen molar-refractivity contribution in [3.63, 3.8) is 0 Å². The lowest BCUT2D eigenvalue weighted by molar-refractivity contribution is -0.0684. The van der Waals surface area contributed by atoms with Crippen LogP contribution in [0.4, 0.5) is 0 Å². The number of morpholine rings is 1. The number of carbonyl (C=O) groups is 1. The number of aromatic nitrogens is 2. The molecule has 1 amide bonds. The summed E-state index contributed by atoms with van der Waals surface area (Å²) in [6, 6.07) is -0.204. The number of hydrogen-bond donors (Lipinski definition) is 0. The first-order valence-corrected chi connectivity index (χ1v) is 9.85. The van der Waals surface area contributed by atoms with E-state index in [2.05, 4.69) is 10.00 Å². The molecule has 2 aliphatic rings. The monoisotopic (exact) mass is 392 g/mol. The molecule has 0 bridgehead atoms. The largest absolute Gasteiger partial charge is 0.485 e. The molecular formula is C18H24N4O4S. The smallest absolute Gasteiger partial charge is 0.268 e. The highest BCUT2D eigenvalue weighted by molar-refractivity contribution is 7.12. The molecule has 27 heavy (non-hydrogen) atoms. The Morgan fingerprint density at radius 2 is 2.15 bits per heavy atom. The Hall–Kier alpha value is -2.10. The number of hydrogen-bond acceptors (Lipinski definition) is 7. The van der Waals surface area contributed by atoms with Crippen molar-refractivity contribution in [2.24, 2.45) is 7.05 Å². The highest BCUT2D eigenvalue weighted by Crippen LogP contribution is 2.41. The van der Waals surface area contributed by atoms with Crippen LogP contribution in [-0.4, -0.2) is 78.6 Å². The molecule has 0 radical (unpaired) electrons. The molecule has 2 aliphatic heterocycles. The Morgan fingerprint density at radius 3 is 2.89 bits per heavy atom. The summed E-state index contributed by atoms with van der Waals surface area (Å²) in [6.45, 7) is 2.72. The predicted octanol–water partition coefficient (Wildman–Crippen LogP) is 1.40. The van der Waals surface area contributed by atoms with Crippen molar-refractivity contribution in [1.82, 2.24) is 19.6 Å². The summed E-state index contributed by atoms with van der Waals surface area (Å²) < 4.78 is 19.1. The third-order valence-electron chi connectivity index (χ3n) is 4.72. The lowest BCUT2D eigenvalue weighted by Gasteiger charge is -2.41. The number of likely N-dealkylation sites (N-methyl/N-ethyl adjacent to an activating group) is 1. The minimum Gasteiger partial charge on any atom is -0.485 e. The quantitative estimate of drug-likeness (QED) is 0.783. The summed E-state index contributed by atoms with van der Waals surface area (Å²) in [5.74, 6) is 1.18. The van der Waals surface area contributed by atoms with Gasteiger partial charge in [0.05, 0.1) is 24.9 Å². The van der Waals surface area contributed by atoms with Gasteiger partial charge in [0, 0.05) is 37.3 Å². The van der Waals surface area contributed by atoms with Gasteiger partial charge in [-0.3, -0.25) is 9.48 Å². The Labute approximate surface area is 162 Å². The first-order valence-electron chi connectivity index (χ1n) is 8.97. The molecule has 0 spiro atoms. The SMILES string of the molecule is CN(C)C[C@@H]1OCCN(C(=O)c2scc3c2OCCO3)[C@H]1c1cnn(C)c1. The molecule has 4 heterocycles. The van der Waals surface area contributed by atoms with Crippen molar-refractivity contribution in [3.05, 3.63) is 28.2 Å². The van der Waals surface area contributed by atoms with Gasteiger partial charge in [0.1, 0.15) is 18.1 Å². The molecule has 2 aromatic heterocycles. The van der Waals surface area contributed by atoms with Crippen molar-refractivity contribution in [1.29, 1.82) is 0 Å². The number of ether oxygens (including phenoxy) is 3. The number of nitrogens with zero attached hydrogens (tertiary/aromatic N) is 4. The molecule has 2 aromatic rings. The van der Waals surface area contributed by atoms with E-state index in [1.807, 2.05) is 43.8 Å². The Balaban J connectivity index is 1.68. The summed E-state index contributed by atoms with van der Waals surface area (Å²) in [6.07, 6.45) is 3.63. The molecule has 9 heteroatoms. The van der Waals surface area contributed by atoms with Gasteiger partial charge in [-0.2, -0.15) is 5.10 Å². The lowest BCUT2D eigenvalue weighted by Crippen LogP contribution is -2.51. The van der Waals surface area contributed by atoms with Gasteiger partial charge in [-0.15, -0.1) is 11.3 Å². The molecule has 0 unspecified atom stereocenters. The van der Waals surface area contributed by atoms with Crippen LogP contribution in [-0.2, 0) is 11.8 Å². The Kier molecular flexibility index (Phi) is 5.07. The number of carbonyl (C=O) groups excluding carboxylic acids is 1. The maximum atomic E-state index is 13.5. The van der Waals surface area contributed by atoms with Crippen molar-refractivity contribution in [3.8, 4) is 11.5 Å². The van der Waals surface area contributed by atoms with Crippen molar-refractivity contribution >= 4 is 17.2 Å². The van der Waals surface area contributed by atoms with Gasteiger partial charge < -0.3 is 24.0 Å². The standard InChI is InChI=1S/C18H24N4O4S/c1-20(2)10-13-15(12-8-19-21(3)9-12)22(4-5-24-13)18(23)17-16-14(11-27-17)25-6-7-26-16/h8-9,11,13,15H,4-7,10H2,1-3H3/t13-,15-/m0/s1. The third-order valence-corrected chi connectivity index (χ3v) is 5.65. The summed E-state index contributed by atoms with van der Waals surface area (Å²) >= 11 is 1.37. The van der Waals surface area contributed by atoms with Gasteiger partial charge in [-0.05, 0) is 14.1 Å². The third kappa shape index (κ3) is 3.54. The van der Waals surface area contributed by atoms with E-state index in [1.54, 1.807) is 4.68 Å². The van der Waals surface area contributed by atoms with Crippen LogP contribution >= 0.6 is 11.3 Å². The molecule has 1 fully saturated rings. The van der Waals surface area contributed by atoms with Gasteiger partial charge in [0.15, 0.2) is 11.5 Å². The normalized spacial score (nSPS) is 22.3. The molecule has 2 atom stereocenters. The fraction of sp³-hybridized carbons (Fsp3) is 0.556. The molecule has 8 nitrogen and oxygen atoms in total. The van der Waals surface area contributed by atoms with Crippen LogP contribution in [0.5, 0.6) is 11.5 Å². The van der Waals surface area contributed by atoms with E-state index < -0.39 is 0 Å². The molecule has 146 valence electrons. The van der Waals surface area contributed by atoms with Crippen LogP contribution in [0.2, 0.25) is 0 Å². The molecule has 0 saturated carbocycles. The van der Waals surface area contributed by atoms with Gasteiger partial charge in [0.25, 0.3) is 5.91 Å². The average Bonchev–Trinajstić information content (AvgIpc) is 3.26. The fourth-order valence-corrected chi connectivity index (χ4v) is 4.49. The van der Waals surface area contributed by atoms with E-state index in [-0.39, 0.29) is 18.1 Å². The summed E-state index contributed by atoms with van der Waals surface area (Å²) in [7, 11) is 5.89. The van der Waals surface area contributed by atoms with Gasteiger partial charge in [0.2, 0.25) is 0 Å². The van der Waals surface area contributed by atoms with E-state index in [0.29, 0.717) is 49.3 Å². The minimum atomic E-state index is -0.204. The van der Waals surface area contributed by atoms with Crippen molar-refractivity contribution < 1.29 is 19.0 Å². The van der Waals surface area contributed by atoms with E-state index in [0.717, 1.165) is 5.56 Å². The van der Waals surface area contributed by atoms with Crippen LogP contribution < -0.4 is 9.47 Å². The molecule has 0 aromatic carbocycles. The van der Waals surface area contributed by atoms with Crippen LogP contribution in [0.25, 0.3) is 0 Å². The number of aryl methyl sites for hydroxylation is 1. The van der Waals surface area contributed by atoms with E-state index in [1.165, 1.54) is 11.3 Å². The van der Waals surface area contributed by atoms with Crippen LogP contribution in [0, 0.1) is 0 Å². The lowest BCUT2D eigenvalue weighted by atomic mass is 10.00. The average molecular weight is 392 g/mol. The minimum absolute atomic E-state index is 0.0485.